The summed E-state index contributed by atoms with van der Waals surface area (Å²) in [5.41, 5.74) is 3.46. The van der Waals surface area contributed by atoms with E-state index in [0.29, 0.717) is 5.41 Å². The van der Waals surface area contributed by atoms with Crippen LogP contribution in [-0.4, -0.2) is 12.1 Å². The van der Waals surface area contributed by atoms with Gasteiger partial charge in [-0.2, -0.15) is 0 Å². The van der Waals surface area contributed by atoms with Crippen LogP contribution in [0.15, 0.2) is 24.3 Å². The first-order chi connectivity index (χ1) is 9.52. The van der Waals surface area contributed by atoms with Crippen LogP contribution in [-0.2, 0) is 0 Å². The molecule has 2 fully saturated rings. The van der Waals surface area contributed by atoms with Gasteiger partial charge in [-0.3, -0.25) is 0 Å². The largest absolute Gasteiger partial charge is 0.311 e. The number of rotatable bonds is 3. The molecule has 0 aliphatic heterocycles. The van der Waals surface area contributed by atoms with Crippen molar-refractivity contribution >= 4 is 0 Å². The molecule has 0 bridgehead atoms. The molecule has 110 valence electrons. The second-order valence-corrected chi connectivity index (χ2v) is 7.90. The van der Waals surface area contributed by atoms with Gasteiger partial charge in [-0.15, -0.1) is 0 Å². The van der Waals surface area contributed by atoms with Gasteiger partial charge in [0.05, 0.1) is 0 Å². The summed E-state index contributed by atoms with van der Waals surface area (Å²) >= 11 is 0. The first-order valence-electron chi connectivity index (χ1n) is 8.34. The standard InChI is InChI=1S/C19H29N/c1-14-6-8-15(9-7-14)16-11-18(12-16)20-17-5-4-10-19(2,3)13-17/h6-9,16-18,20H,4-5,10-13H2,1-3H3. The van der Waals surface area contributed by atoms with Crippen LogP contribution in [0, 0.1) is 12.3 Å². The van der Waals surface area contributed by atoms with Crippen molar-refractivity contribution in [1.82, 2.24) is 5.32 Å². The number of hydrogen-bond donors (Lipinski definition) is 1. The SMILES string of the molecule is Cc1ccc(C2CC(NC3CCCC(C)(C)C3)C2)cc1. The molecule has 1 nitrogen and oxygen atoms in total. The minimum absolute atomic E-state index is 0.552. The van der Waals surface area contributed by atoms with Crippen LogP contribution in [0.25, 0.3) is 0 Å². The van der Waals surface area contributed by atoms with Crippen molar-refractivity contribution in [2.24, 2.45) is 5.41 Å². The van der Waals surface area contributed by atoms with E-state index in [9.17, 15) is 0 Å². The average molecular weight is 271 g/mol. The molecular weight excluding hydrogens is 242 g/mol. The highest BCUT2D eigenvalue weighted by atomic mass is 15.0. The molecule has 0 aromatic heterocycles. The van der Waals surface area contributed by atoms with Crippen LogP contribution in [0.3, 0.4) is 0 Å². The Labute approximate surface area is 124 Å². The van der Waals surface area contributed by atoms with Crippen LogP contribution < -0.4 is 5.32 Å². The zero-order valence-corrected chi connectivity index (χ0v) is 13.3. The maximum Gasteiger partial charge on any atom is 0.00813 e. The molecule has 1 aromatic carbocycles. The highest BCUT2D eigenvalue weighted by molar-refractivity contribution is 5.26. The van der Waals surface area contributed by atoms with Gasteiger partial charge in [0.1, 0.15) is 0 Å². The minimum Gasteiger partial charge on any atom is -0.311 e. The lowest BCUT2D eigenvalue weighted by molar-refractivity contribution is 0.165. The predicted octanol–water partition coefficient (Wildman–Crippen LogP) is 4.80. The van der Waals surface area contributed by atoms with Crippen LogP contribution in [0.4, 0.5) is 0 Å². The highest BCUT2D eigenvalue weighted by Crippen LogP contribution is 2.40. The summed E-state index contributed by atoms with van der Waals surface area (Å²) in [5.74, 6) is 0.796. The van der Waals surface area contributed by atoms with Gasteiger partial charge < -0.3 is 5.32 Å². The first kappa shape index (κ1) is 14.1. The summed E-state index contributed by atoms with van der Waals surface area (Å²) in [7, 11) is 0. The van der Waals surface area contributed by atoms with Crippen molar-refractivity contribution in [3.63, 3.8) is 0 Å². The first-order valence-corrected chi connectivity index (χ1v) is 8.34. The Hall–Kier alpha value is -0.820. The maximum absolute atomic E-state index is 3.92. The molecule has 20 heavy (non-hydrogen) atoms. The fourth-order valence-corrected chi connectivity index (χ4v) is 4.04. The summed E-state index contributed by atoms with van der Waals surface area (Å²) in [6.07, 6.45) is 8.22. The summed E-state index contributed by atoms with van der Waals surface area (Å²) in [6, 6.07) is 10.7. The Bertz CT molecular complexity index is 439. The van der Waals surface area contributed by atoms with Gasteiger partial charge in [0, 0.05) is 12.1 Å². The van der Waals surface area contributed by atoms with Gasteiger partial charge >= 0.3 is 0 Å². The molecule has 1 heteroatoms. The van der Waals surface area contributed by atoms with Crippen molar-refractivity contribution in [2.45, 2.75) is 77.3 Å². The zero-order valence-electron chi connectivity index (χ0n) is 13.3. The normalized spacial score (nSPS) is 32.6. The van der Waals surface area contributed by atoms with Gasteiger partial charge in [-0.05, 0) is 55.9 Å². The fraction of sp³-hybridized carbons (Fsp3) is 0.684. The minimum atomic E-state index is 0.552. The summed E-state index contributed by atoms with van der Waals surface area (Å²) < 4.78 is 0. The monoisotopic (exact) mass is 271 g/mol. The molecule has 0 heterocycles. The smallest absolute Gasteiger partial charge is 0.00813 e. The van der Waals surface area contributed by atoms with Crippen molar-refractivity contribution < 1.29 is 0 Å². The topological polar surface area (TPSA) is 12.0 Å². The van der Waals surface area contributed by atoms with E-state index in [2.05, 4.69) is 50.4 Å². The molecule has 2 aliphatic rings. The molecule has 1 aromatic rings. The molecule has 0 radical (unpaired) electrons. The van der Waals surface area contributed by atoms with Crippen LogP contribution in [0.5, 0.6) is 0 Å². The zero-order chi connectivity index (χ0) is 14.2. The number of nitrogens with one attached hydrogen (secondary N) is 1. The van der Waals surface area contributed by atoms with Crippen molar-refractivity contribution in [2.75, 3.05) is 0 Å². The molecule has 2 aliphatic carbocycles. The molecule has 1 atom stereocenters. The fourth-order valence-electron chi connectivity index (χ4n) is 4.04. The maximum atomic E-state index is 3.92. The summed E-state index contributed by atoms with van der Waals surface area (Å²) in [6.45, 7) is 7.02. The van der Waals surface area contributed by atoms with E-state index < -0.39 is 0 Å². The van der Waals surface area contributed by atoms with Crippen molar-refractivity contribution in [1.29, 1.82) is 0 Å². The van der Waals surface area contributed by atoms with Gasteiger partial charge in [0.2, 0.25) is 0 Å². The Morgan fingerprint density at radius 1 is 1.05 bits per heavy atom. The highest BCUT2D eigenvalue weighted by Gasteiger charge is 2.34. The molecule has 1 unspecified atom stereocenters. The van der Waals surface area contributed by atoms with Gasteiger partial charge in [0.25, 0.3) is 0 Å². The van der Waals surface area contributed by atoms with Crippen molar-refractivity contribution in [3.05, 3.63) is 35.4 Å². The Kier molecular flexibility index (Phi) is 3.90. The van der Waals surface area contributed by atoms with Gasteiger partial charge in [0.15, 0.2) is 0 Å². The lowest BCUT2D eigenvalue weighted by Crippen LogP contribution is -2.48. The average Bonchev–Trinajstić information content (AvgIpc) is 2.34. The van der Waals surface area contributed by atoms with Crippen LogP contribution in [0.2, 0.25) is 0 Å². The second kappa shape index (κ2) is 5.52. The molecular formula is C19H29N. The molecule has 0 saturated heterocycles. The van der Waals surface area contributed by atoms with Gasteiger partial charge in [-0.25, -0.2) is 0 Å². The lowest BCUT2D eigenvalue weighted by atomic mass is 9.72. The van der Waals surface area contributed by atoms with Crippen LogP contribution >= 0.6 is 0 Å². The Morgan fingerprint density at radius 2 is 1.75 bits per heavy atom. The Balaban J connectivity index is 1.47. The van der Waals surface area contributed by atoms with Gasteiger partial charge in [-0.1, -0.05) is 50.1 Å². The molecule has 0 spiro atoms. The molecule has 1 N–H and O–H groups in total. The molecule has 2 saturated carbocycles. The number of benzene rings is 1. The van der Waals surface area contributed by atoms with E-state index in [0.717, 1.165) is 18.0 Å². The van der Waals surface area contributed by atoms with Crippen LogP contribution in [0.1, 0.15) is 69.4 Å². The second-order valence-electron chi connectivity index (χ2n) is 7.90. The van der Waals surface area contributed by atoms with E-state index in [1.807, 2.05) is 0 Å². The van der Waals surface area contributed by atoms with Crippen molar-refractivity contribution in [3.8, 4) is 0 Å². The van der Waals surface area contributed by atoms with E-state index in [-0.39, 0.29) is 0 Å². The lowest BCUT2D eigenvalue weighted by Gasteiger charge is -2.42. The van der Waals surface area contributed by atoms with E-state index >= 15 is 0 Å². The third kappa shape index (κ3) is 3.25. The summed E-state index contributed by atoms with van der Waals surface area (Å²) in [5, 5.41) is 3.92. The number of hydrogen-bond acceptors (Lipinski definition) is 1. The molecule has 0 amide bonds. The summed E-state index contributed by atoms with van der Waals surface area (Å²) in [4.78, 5) is 0. The Morgan fingerprint density at radius 3 is 2.40 bits per heavy atom. The quantitative estimate of drug-likeness (QED) is 0.832. The van der Waals surface area contributed by atoms with E-state index in [1.165, 1.54) is 49.7 Å². The third-order valence-electron chi connectivity index (χ3n) is 5.36. The molecule has 3 rings (SSSR count). The van der Waals surface area contributed by atoms with E-state index in [1.54, 1.807) is 0 Å². The third-order valence-corrected chi connectivity index (χ3v) is 5.36. The van der Waals surface area contributed by atoms with E-state index in [4.69, 9.17) is 0 Å². The predicted molar refractivity (Wildman–Crippen MR) is 86.1 cm³/mol. The number of aryl methyl sites for hydroxylation is 1.